The average molecular weight is 617 g/mol. The predicted molar refractivity (Wildman–Crippen MR) is 157 cm³/mol. The zero-order chi connectivity index (χ0) is 30.0. The Morgan fingerprint density at radius 1 is 1.07 bits per heavy atom. The number of likely N-dealkylation sites (N-methyl/N-ethyl adjacent to an activating group) is 1. The number of aromatic nitrogens is 3. The Balaban J connectivity index is 1.54. The first-order valence-corrected chi connectivity index (χ1v) is 15.5. The molecule has 0 saturated heterocycles. The Kier molecular flexibility index (Phi) is 6.94. The van der Waals surface area contributed by atoms with Crippen LogP contribution in [0.1, 0.15) is 27.1 Å². The highest BCUT2D eigenvalue weighted by Crippen LogP contribution is 2.37. The number of fused-ring (bicyclic) bond motifs is 3. The van der Waals surface area contributed by atoms with Gasteiger partial charge in [0.2, 0.25) is 0 Å². The Hall–Kier alpha value is -3.68. The zero-order valence-electron chi connectivity index (χ0n) is 23.0. The highest BCUT2D eigenvalue weighted by atomic mass is 32.2. The topological polar surface area (TPSA) is 97.3 Å². The molecule has 1 N–H and O–H groups in total. The van der Waals surface area contributed by atoms with Crippen LogP contribution in [0.4, 0.5) is 13.2 Å². The van der Waals surface area contributed by atoms with E-state index in [4.69, 9.17) is 4.74 Å². The molecular formula is C29H27F3N4O4S2. The number of aromatic amines is 1. The van der Waals surface area contributed by atoms with E-state index in [1.807, 2.05) is 38.2 Å². The standard InChI is InChI=1S/C29H27F3N4O4S2/c1-16-21(12-17-4-6-20(40-3)7-5-17)26-25(41-16)15-22(28(37)34-26)27-33-23-13-18-8-10-35(2)11-9-19(18)14-24(23)36(27)42(38,39)29(30,31)32/h4-7,13-15H,8-12H2,1-3H3,(H,34,37). The number of rotatable bonds is 5. The van der Waals surface area contributed by atoms with Crippen LogP contribution in [0, 0.1) is 6.92 Å². The van der Waals surface area contributed by atoms with Crippen LogP contribution in [0.3, 0.4) is 0 Å². The number of nitrogens with zero attached hydrogens (tertiary/aromatic N) is 3. The lowest BCUT2D eigenvalue weighted by Crippen LogP contribution is -2.31. The Morgan fingerprint density at radius 3 is 2.38 bits per heavy atom. The van der Waals surface area contributed by atoms with Crippen LogP contribution in [0.2, 0.25) is 0 Å². The maximum Gasteiger partial charge on any atom is 0.517 e. The SMILES string of the molecule is COc1ccc(Cc2c(C)sc3cc(-c4nc5cc6c(cc5n4S(=O)(=O)C(F)(F)F)CCN(C)CC6)c(=O)[nH]c23)cc1. The number of hydrogen-bond donors (Lipinski definition) is 1. The van der Waals surface area contributed by atoms with Crippen LogP contribution >= 0.6 is 11.3 Å². The summed E-state index contributed by atoms with van der Waals surface area (Å²) >= 11 is 1.36. The molecule has 8 nitrogen and oxygen atoms in total. The van der Waals surface area contributed by atoms with Crippen LogP contribution in [0.5, 0.6) is 5.75 Å². The largest absolute Gasteiger partial charge is 0.517 e. The highest BCUT2D eigenvalue weighted by molar-refractivity contribution is 7.91. The number of aryl methyl sites for hydroxylation is 1. The van der Waals surface area contributed by atoms with Crippen molar-refractivity contribution < 1.29 is 26.3 Å². The van der Waals surface area contributed by atoms with Crippen molar-refractivity contribution in [3.05, 3.63) is 79.9 Å². The number of nitrogens with one attached hydrogen (secondary N) is 1. The maximum atomic E-state index is 14.0. The second kappa shape index (κ2) is 10.2. The van der Waals surface area contributed by atoms with Gasteiger partial charge >= 0.3 is 15.5 Å². The van der Waals surface area contributed by atoms with Crippen LogP contribution in [0.15, 0.2) is 47.3 Å². The first-order chi connectivity index (χ1) is 19.9. The number of halogens is 3. The predicted octanol–water partition coefficient (Wildman–Crippen LogP) is 5.24. The van der Waals surface area contributed by atoms with Gasteiger partial charge in [-0.15, -0.1) is 11.3 Å². The van der Waals surface area contributed by atoms with Gasteiger partial charge in [0.05, 0.1) is 33.9 Å². The van der Waals surface area contributed by atoms with Crippen molar-refractivity contribution in [3.63, 3.8) is 0 Å². The number of thiophene rings is 1. The van der Waals surface area contributed by atoms with Crippen LogP contribution in [-0.2, 0) is 29.3 Å². The molecule has 13 heteroatoms. The molecule has 0 spiro atoms. The molecule has 3 aromatic heterocycles. The fraction of sp³-hybridized carbons (Fsp3) is 0.310. The third-order valence-electron chi connectivity index (χ3n) is 7.77. The van der Waals surface area contributed by atoms with Crippen LogP contribution in [-0.4, -0.2) is 60.0 Å². The number of ether oxygens (including phenoxy) is 1. The summed E-state index contributed by atoms with van der Waals surface area (Å²) in [7, 11) is -2.39. The molecule has 0 saturated carbocycles. The monoisotopic (exact) mass is 616 g/mol. The fourth-order valence-electron chi connectivity index (χ4n) is 5.45. The van der Waals surface area contributed by atoms with E-state index in [0.717, 1.165) is 33.7 Å². The molecule has 42 heavy (non-hydrogen) atoms. The zero-order valence-corrected chi connectivity index (χ0v) is 24.6. The molecule has 1 aliphatic heterocycles. The van der Waals surface area contributed by atoms with E-state index in [0.29, 0.717) is 41.8 Å². The molecule has 0 unspecified atom stereocenters. The van der Waals surface area contributed by atoms with Gasteiger partial charge in [0.1, 0.15) is 5.75 Å². The molecule has 5 aromatic rings. The third kappa shape index (κ3) is 4.78. The van der Waals surface area contributed by atoms with E-state index in [-0.39, 0.29) is 20.6 Å². The quantitative estimate of drug-likeness (QED) is 0.290. The summed E-state index contributed by atoms with van der Waals surface area (Å²) in [6.07, 6.45) is 1.70. The number of H-pyrrole nitrogens is 1. The Morgan fingerprint density at radius 2 is 1.74 bits per heavy atom. The smallest absolute Gasteiger partial charge is 0.497 e. The lowest BCUT2D eigenvalue weighted by atomic mass is 10.0. The van der Waals surface area contributed by atoms with E-state index in [1.54, 1.807) is 13.2 Å². The normalized spacial score (nSPS) is 14.8. The molecule has 0 bridgehead atoms. The summed E-state index contributed by atoms with van der Waals surface area (Å²) in [5.74, 6) is 0.148. The fourth-order valence-corrected chi connectivity index (χ4v) is 7.51. The van der Waals surface area contributed by atoms with Crippen LogP contribution in [0.25, 0.3) is 32.6 Å². The molecule has 0 aliphatic carbocycles. The average Bonchev–Trinajstić information content (AvgIpc) is 3.39. The maximum absolute atomic E-state index is 14.0. The molecule has 0 radical (unpaired) electrons. The lowest BCUT2D eigenvalue weighted by Gasteiger charge is -2.13. The van der Waals surface area contributed by atoms with Gasteiger partial charge in [-0.25, -0.2) is 8.96 Å². The van der Waals surface area contributed by atoms with E-state index >= 15 is 0 Å². The number of alkyl halides is 3. The summed E-state index contributed by atoms with van der Waals surface area (Å²) in [6.45, 7) is 3.33. The van der Waals surface area contributed by atoms with Crippen molar-refractivity contribution >= 4 is 42.6 Å². The minimum atomic E-state index is -5.92. The van der Waals surface area contributed by atoms with Gasteiger partial charge in [0.25, 0.3) is 5.56 Å². The van der Waals surface area contributed by atoms with Gasteiger partial charge < -0.3 is 14.6 Å². The van der Waals surface area contributed by atoms with E-state index in [1.165, 1.54) is 23.5 Å². The summed E-state index contributed by atoms with van der Waals surface area (Å²) in [5, 5.41) is 0. The van der Waals surface area contributed by atoms with Gasteiger partial charge in [-0.2, -0.15) is 21.6 Å². The molecule has 220 valence electrons. The van der Waals surface area contributed by atoms with E-state index < -0.39 is 26.9 Å². The molecule has 4 heterocycles. The molecule has 0 fully saturated rings. The molecule has 1 aliphatic rings. The first-order valence-electron chi connectivity index (χ1n) is 13.2. The summed E-state index contributed by atoms with van der Waals surface area (Å²) in [6, 6.07) is 12.1. The van der Waals surface area contributed by atoms with E-state index in [2.05, 4.69) is 14.9 Å². The van der Waals surface area contributed by atoms with Gasteiger partial charge in [0, 0.05) is 24.4 Å². The molecule has 0 amide bonds. The lowest BCUT2D eigenvalue weighted by molar-refractivity contribution is -0.0444. The van der Waals surface area contributed by atoms with Crippen LogP contribution < -0.4 is 10.3 Å². The number of pyridine rings is 1. The van der Waals surface area contributed by atoms with Gasteiger partial charge in [-0.1, -0.05) is 12.1 Å². The molecule has 6 rings (SSSR count). The van der Waals surface area contributed by atoms with Crippen molar-refractivity contribution in [3.8, 4) is 17.1 Å². The third-order valence-corrected chi connectivity index (χ3v) is 10.3. The minimum Gasteiger partial charge on any atom is -0.497 e. The summed E-state index contributed by atoms with van der Waals surface area (Å²) in [5.41, 5.74) is -2.64. The van der Waals surface area contributed by atoms with Crippen molar-refractivity contribution in [2.75, 3.05) is 27.2 Å². The summed E-state index contributed by atoms with van der Waals surface area (Å²) in [4.78, 5) is 23.6. The minimum absolute atomic E-state index is 0.0863. The van der Waals surface area contributed by atoms with Crippen molar-refractivity contribution in [1.82, 2.24) is 18.8 Å². The van der Waals surface area contributed by atoms with Crippen molar-refractivity contribution in [2.45, 2.75) is 31.7 Å². The number of hydrogen-bond acceptors (Lipinski definition) is 7. The molecule has 0 atom stereocenters. The van der Waals surface area contributed by atoms with Gasteiger partial charge in [-0.3, -0.25) is 4.79 Å². The Labute approximate surface area is 243 Å². The number of benzene rings is 2. The highest BCUT2D eigenvalue weighted by Gasteiger charge is 2.49. The van der Waals surface area contributed by atoms with Crippen molar-refractivity contribution in [2.24, 2.45) is 0 Å². The van der Waals surface area contributed by atoms with Crippen molar-refractivity contribution in [1.29, 1.82) is 0 Å². The van der Waals surface area contributed by atoms with Gasteiger partial charge in [0.15, 0.2) is 5.82 Å². The first kappa shape index (κ1) is 28.4. The molecular weight excluding hydrogens is 589 g/mol. The number of imidazole rings is 1. The van der Waals surface area contributed by atoms with E-state index in [9.17, 15) is 26.4 Å². The second-order valence-corrected chi connectivity index (χ2v) is 13.5. The number of methoxy groups -OCH3 is 1. The molecule has 2 aromatic carbocycles. The second-order valence-electron chi connectivity index (χ2n) is 10.5. The Bertz CT molecular complexity index is 2010. The summed E-state index contributed by atoms with van der Waals surface area (Å²) < 4.78 is 74.0. The van der Waals surface area contributed by atoms with Gasteiger partial charge in [-0.05, 0) is 79.4 Å².